The van der Waals surface area contributed by atoms with Crippen LogP contribution in [0.5, 0.6) is 0 Å². The monoisotopic (exact) mass is 244 g/mol. The Morgan fingerprint density at radius 2 is 2.25 bits per heavy atom. The molecule has 0 bridgehead atoms. The van der Waals surface area contributed by atoms with E-state index in [0.29, 0.717) is 13.0 Å². The van der Waals surface area contributed by atoms with Gasteiger partial charge in [-0.25, -0.2) is 4.98 Å². The molecule has 1 heterocycles. The van der Waals surface area contributed by atoms with Gasteiger partial charge in [-0.05, 0) is 26.8 Å². The Balaban J connectivity index is 2.16. The van der Waals surface area contributed by atoms with Gasteiger partial charge >= 0.3 is 0 Å². The Labute approximate surface area is 101 Å². The minimum Gasteiger partial charge on any atom is -0.391 e. The highest BCUT2D eigenvalue weighted by Gasteiger charge is 2.04. The summed E-state index contributed by atoms with van der Waals surface area (Å²) in [4.78, 5) is 5.71. The third-order valence-corrected chi connectivity index (χ3v) is 3.44. The van der Waals surface area contributed by atoms with Crippen LogP contribution in [0.25, 0.3) is 0 Å². The zero-order valence-corrected chi connectivity index (χ0v) is 10.9. The van der Waals surface area contributed by atoms with Crippen molar-refractivity contribution in [1.29, 1.82) is 0 Å². The molecule has 0 amide bonds. The minimum atomic E-state index is -0.378. The van der Waals surface area contributed by atoms with E-state index in [-0.39, 0.29) is 6.10 Å². The number of aryl methyl sites for hydroxylation is 2. The van der Waals surface area contributed by atoms with Gasteiger partial charge in [0.2, 0.25) is 0 Å². The number of aromatic nitrogens is 1. The van der Waals surface area contributed by atoms with Gasteiger partial charge in [0.05, 0.1) is 18.4 Å². The van der Waals surface area contributed by atoms with E-state index in [2.05, 4.69) is 17.2 Å². The molecule has 1 aromatic rings. The summed E-state index contributed by atoms with van der Waals surface area (Å²) in [5, 5.41) is 13.8. The van der Waals surface area contributed by atoms with Gasteiger partial charge in [-0.2, -0.15) is 0 Å². The van der Waals surface area contributed by atoms with Crippen LogP contribution in [-0.2, 0) is 11.3 Å². The van der Waals surface area contributed by atoms with Gasteiger partial charge in [0.25, 0.3) is 0 Å². The van der Waals surface area contributed by atoms with Crippen LogP contribution in [0.15, 0.2) is 0 Å². The lowest BCUT2D eigenvalue weighted by Gasteiger charge is -2.09. The summed E-state index contributed by atoms with van der Waals surface area (Å²) in [6.07, 6.45) is 0.328. The van der Waals surface area contributed by atoms with E-state index in [4.69, 9.17) is 4.74 Å². The molecule has 0 aliphatic carbocycles. The normalized spacial score (nSPS) is 13.0. The number of aliphatic hydroxyl groups excluding tert-OH is 1. The molecule has 0 spiro atoms. The summed E-state index contributed by atoms with van der Waals surface area (Å²) < 4.78 is 4.85. The standard InChI is InChI=1S/C11H20N2O2S/c1-8-9(2)16-11(13-8)6-12-5-4-10(14)7-15-3/h10,12,14H,4-7H2,1-3H3. The first-order chi connectivity index (χ1) is 7.63. The van der Waals surface area contributed by atoms with E-state index in [1.165, 1.54) is 4.88 Å². The fourth-order valence-corrected chi connectivity index (χ4v) is 2.26. The molecule has 0 aromatic carbocycles. The Morgan fingerprint density at radius 3 is 2.81 bits per heavy atom. The number of hydrogen-bond donors (Lipinski definition) is 2. The first kappa shape index (κ1) is 13.6. The fraction of sp³-hybridized carbons (Fsp3) is 0.727. The maximum Gasteiger partial charge on any atom is 0.107 e. The highest BCUT2D eigenvalue weighted by Crippen LogP contribution is 2.15. The molecule has 1 rings (SSSR count). The molecule has 1 aromatic heterocycles. The summed E-state index contributed by atoms with van der Waals surface area (Å²) >= 11 is 1.72. The smallest absolute Gasteiger partial charge is 0.107 e. The maximum atomic E-state index is 9.42. The summed E-state index contributed by atoms with van der Waals surface area (Å²) in [6.45, 7) is 6.06. The number of hydrogen-bond acceptors (Lipinski definition) is 5. The van der Waals surface area contributed by atoms with Crippen LogP contribution in [0, 0.1) is 13.8 Å². The van der Waals surface area contributed by atoms with Crippen molar-refractivity contribution in [3.05, 3.63) is 15.6 Å². The SMILES string of the molecule is COCC(O)CCNCc1nc(C)c(C)s1. The molecule has 0 saturated carbocycles. The van der Waals surface area contributed by atoms with Crippen LogP contribution >= 0.6 is 11.3 Å². The number of rotatable bonds is 7. The first-order valence-electron chi connectivity index (χ1n) is 5.44. The molecule has 0 aliphatic heterocycles. The van der Waals surface area contributed by atoms with E-state index in [1.807, 2.05) is 6.92 Å². The van der Waals surface area contributed by atoms with E-state index in [0.717, 1.165) is 23.8 Å². The van der Waals surface area contributed by atoms with Crippen LogP contribution in [-0.4, -0.2) is 36.5 Å². The van der Waals surface area contributed by atoms with Gasteiger partial charge < -0.3 is 15.2 Å². The molecular weight excluding hydrogens is 224 g/mol. The van der Waals surface area contributed by atoms with E-state index in [1.54, 1.807) is 18.4 Å². The molecular formula is C11H20N2O2S. The number of aliphatic hydroxyl groups is 1. The highest BCUT2D eigenvalue weighted by atomic mass is 32.1. The molecule has 0 saturated heterocycles. The van der Waals surface area contributed by atoms with Gasteiger partial charge in [0.1, 0.15) is 5.01 Å². The summed E-state index contributed by atoms with van der Waals surface area (Å²) in [7, 11) is 1.60. The van der Waals surface area contributed by atoms with E-state index >= 15 is 0 Å². The zero-order valence-electron chi connectivity index (χ0n) is 10.1. The van der Waals surface area contributed by atoms with Gasteiger partial charge in [0.15, 0.2) is 0 Å². The molecule has 1 unspecified atom stereocenters. The van der Waals surface area contributed by atoms with Gasteiger partial charge in [-0.3, -0.25) is 0 Å². The Bertz CT molecular complexity index is 295. The second-order valence-electron chi connectivity index (χ2n) is 3.82. The zero-order chi connectivity index (χ0) is 12.0. The lowest BCUT2D eigenvalue weighted by Crippen LogP contribution is -2.22. The lowest BCUT2D eigenvalue weighted by molar-refractivity contribution is 0.0594. The number of nitrogens with zero attached hydrogens (tertiary/aromatic N) is 1. The average Bonchev–Trinajstić information content (AvgIpc) is 2.54. The van der Waals surface area contributed by atoms with Crippen molar-refractivity contribution in [2.45, 2.75) is 32.9 Å². The highest BCUT2D eigenvalue weighted by molar-refractivity contribution is 7.11. The Morgan fingerprint density at radius 1 is 1.50 bits per heavy atom. The van der Waals surface area contributed by atoms with E-state index < -0.39 is 0 Å². The molecule has 0 aliphatic rings. The third kappa shape index (κ3) is 4.57. The topological polar surface area (TPSA) is 54.4 Å². The molecule has 16 heavy (non-hydrogen) atoms. The molecule has 92 valence electrons. The second kappa shape index (κ2) is 6.96. The van der Waals surface area contributed by atoms with Gasteiger partial charge in [-0.15, -0.1) is 11.3 Å². The molecule has 2 N–H and O–H groups in total. The largest absolute Gasteiger partial charge is 0.391 e. The van der Waals surface area contributed by atoms with Crippen molar-refractivity contribution in [1.82, 2.24) is 10.3 Å². The third-order valence-electron chi connectivity index (χ3n) is 2.36. The summed E-state index contributed by atoms with van der Waals surface area (Å²) in [5.74, 6) is 0. The Hall–Kier alpha value is -0.490. The maximum absolute atomic E-state index is 9.42. The quantitative estimate of drug-likeness (QED) is 0.709. The number of ether oxygens (including phenoxy) is 1. The van der Waals surface area contributed by atoms with Crippen molar-refractivity contribution in [2.75, 3.05) is 20.3 Å². The number of nitrogens with one attached hydrogen (secondary N) is 1. The van der Waals surface area contributed by atoms with Crippen molar-refractivity contribution in [2.24, 2.45) is 0 Å². The van der Waals surface area contributed by atoms with Crippen LogP contribution in [0.2, 0.25) is 0 Å². The lowest BCUT2D eigenvalue weighted by atomic mass is 10.3. The van der Waals surface area contributed by atoms with Crippen LogP contribution in [0.3, 0.4) is 0 Å². The Kier molecular flexibility index (Phi) is 5.90. The molecule has 4 nitrogen and oxygen atoms in total. The molecule has 0 radical (unpaired) electrons. The number of thiazole rings is 1. The molecule has 0 fully saturated rings. The first-order valence-corrected chi connectivity index (χ1v) is 6.25. The van der Waals surface area contributed by atoms with Crippen molar-refractivity contribution in [3.63, 3.8) is 0 Å². The summed E-state index contributed by atoms with van der Waals surface area (Å²) in [5.41, 5.74) is 1.11. The minimum absolute atomic E-state index is 0.378. The molecule has 1 atom stereocenters. The van der Waals surface area contributed by atoms with Crippen LogP contribution in [0.1, 0.15) is 22.0 Å². The van der Waals surface area contributed by atoms with Gasteiger partial charge in [-0.1, -0.05) is 0 Å². The van der Waals surface area contributed by atoms with Crippen molar-refractivity contribution in [3.8, 4) is 0 Å². The van der Waals surface area contributed by atoms with E-state index in [9.17, 15) is 5.11 Å². The average molecular weight is 244 g/mol. The molecule has 5 heteroatoms. The second-order valence-corrected chi connectivity index (χ2v) is 5.11. The van der Waals surface area contributed by atoms with Gasteiger partial charge in [0, 0.05) is 18.5 Å². The van der Waals surface area contributed by atoms with Crippen LogP contribution in [0.4, 0.5) is 0 Å². The number of methoxy groups -OCH3 is 1. The van der Waals surface area contributed by atoms with Crippen molar-refractivity contribution >= 4 is 11.3 Å². The van der Waals surface area contributed by atoms with Crippen molar-refractivity contribution < 1.29 is 9.84 Å². The fourth-order valence-electron chi connectivity index (χ4n) is 1.35. The predicted octanol–water partition coefficient (Wildman–Crippen LogP) is 1.25. The predicted molar refractivity (Wildman–Crippen MR) is 65.8 cm³/mol. The van der Waals surface area contributed by atoms with Crippen LogP contribution < -0.4 is 5.32 Å². The summed E-state index contributed by atoms with van der Waals surface area (Å²) in [6, 6.07) is 0.